The Balaban J connectivity index is 2.28. The van der Waals surface area contributed by atoms with Gasteiger partial charge in [-0.25, -0.2) is 4.98 Å². The van der Waals surface area contributed by atoms with Crippen molar-refractivity contribution in [1.29, 1.82) is 0 Å². The van der Waals surface area contributed by atoms with Crippen LogP contribution in [0.5, 0.6) is 0 Å². The highest BCUT2D eigenvalue weighted by Crippen LogP contribution is 2.39. The lowest BCUT2D eigenvalue weighted by Gasteiger charge is -2.28. The minimum Gasteiger partial charge on any atom is -0.384 e. The number of rotatable bonds is 3. The zero-order chi connectivity index (χ0) is 13.3. The molecule has 0 spiro atoms. The zero-order valence-corrected chi connectivity index (χ0v) is 10.6. The van der Waals surface area contributed by atoms with E-state index < -0.39 is 4.92 Å². The maximum atomic E-state index is 11.0. The molecule has 2 rings (SSSR count). The third-order valence-corrected chi connectivity index (χ3v) is 3.66. The summed E-state index contributed by atoms with van der Waals surface area (Å²) in [6.45, 7) is 4.32. The van der Waals surface area contributed by atoms with Gasteiger partial charge in [0, 0.05) is 12.1 Å². The van der Waals surface area contributed by atoms with Crippen LogP contribution < -0.4 is 11.1 Å². The van der Waals surface area contributed by atoms with Crippen LogP contribution in [0.4, 0.5) is 17.3 Å². The molecule has 1 atom stereocenters. The zero-order valence-electron chi connectivity index (χ0n) is 10.6. The van der Waals surface area contributed by atoms with E-state index in [0.717, 1.165) is 19.3 Å². The monoisotopic (exact) mass is 250 g/mol. The smallest absolute Gasteiger partial charge is 0.311 e. The largest absolute Gasteiger partial charge is 0.384 e. The quantitative estimate of drug-likeness (QED) is 0.635. The van der Waals surface area contributed by atoms with Gasteiger partial charge >= 0.3 is 5.69 Å². The summed E-state index contributed by atoms with van der Waals surface area (Å²) in [4.78, 5) is 14.6. The summed E-state index contributed by atoms with van der Waals surface area (Å²) in [7, 11) is 0. The summed E-state index contributed by atoms with van der Waals surface area (Å²) >= 11 is 0. The van der Waals surface area contributed by atoms with Crippen molar-refractivity contribution in [3.05, 3.63) is 22.2 Å². The maximum absolute atomic E-state index is 11.0. The average molecular weight is 250 g/mol. The van der Waals surface area contributed by atoms with Gasteiger partial charge in [-0.3, -0.25) is 10.1 Å². The molecule has 0 amide bonds. The van der Waals surface area contributed by atoms with Gasteiger partial charge in [0.1, 0.15) is 5.82 Å². The number of aromatic nitrogens is 1. The molecule has 3 N–H and O–H groups in total. The van der Waals surface area contributed by atoms with E-state index in [1.165, 1.54) is 12.1 Å². The second-order valence-electron chi connectivity index (χ2n) is 5.44. The topological polar surface area (TPSA) is 94.1 Å². The highest BCUT2D eigenvalue weighted by molar-refractivity contribution is 5.59. The van der Waals surface area contributed by atoms with Crippen LogP contribution in [-0.2, 0) is 0 Å². The Morgan fingerprint density at radius 1 is 1.56 bits per heavy atom. The molecule has 0 bridgehead atoms. The molecular weight excluding hydrogens is 232 g/mol. The molecule has 98 valence electrons. The fourth-order valence-corrected chi connectivity index (χ4v) is 2.48. The molecule has 6 heteroatoms. The van der Waals surface area contributed by atoms with Gasteiger partial charge in [0.05, 0.1) is 4.92 Å². The number of pyridine rings is 1. The second-order valence-corrected chi connectivity index (χ2v) is 5.44. The van der Waals surface area contributed by atoms with Gasteiger partial charge in [-0.1, -0.05) is 20.3 Å². The van der Waals surface area contributed by atoms with Crippen LogP contribution in [0.3, 0.4) is 0 Å². The third-order valence-electron chi connectivity index (χ3n) is 3.66. The minimum absolute atomic E-state index is 0.0214. The van der Waals surface area contributed by atoms with E-state index in [1.54, 1.807) is 0 Å². The van der Waals surface area contributed by atoms with Gasteiger partial charge in [0.15, 0.2) is 0 Å². The Labute approximate surface area is 106 Å². The molecule has 1 saturated carbocycles. The number of hydrogen-bond acceptors (Lipinski definition) is 5. The SMILES string of the molecule is CC1(C)CCCC1Nc1nc(N)ccc1[N+](=O)[O-]. The molecular formula is C12H18N4O2. The standard InChI is InChI=1S/C12H18N4O2/c1-12(2)7-3-4-9(12)14-11-8(16(17)18)5-6-10(13)15-11/h5-6,9H,3-4,7H2,1-2H3,(H3,13,14,15). The molecule has 6 nitrogen and oxygen atoms in total. The second kappa shape index (κ2) is 4.44. The van der Waals surface area contributed by atoms with Crippen molar-refractivity contribution in [3.63, 3.8) is 0 Å². The Kier molecular flexibility index (Phi) is 3.11. The number of nitrogens with two attached hydrogens (primary N) is 1. The lowest BCUT2D eigenvalue weighted by atomic mass is 9.87. The van der Waals surface area contributed by atoms with Crippen LogP contribution in [0.2, 0.25) is 0 Å². The third kappa shape index (κ3) is 2.37. The van der Waals surface area contributed by atoms with Gasteiger partial charge in [0.25, 0.3) is 0 Å². The first-order chi connectivity index (χ1) is 8.40. The van der Waals surface area contributed by atoms with E-state index >= 15 is 0 Å². The van der Waals surface area contributed by atoms with E-state index in [0.29, 0.717) is 5.82 Å². The predicted octanol–water partition coefficient (Wildman–Crippen LogP) is 2.56. The summed E-state index contributed by atoms with van der Waals surface area (Å²) in [6.07, 6.45) is 3.24. The van der Waals surface area contributed by atoms with Crippen LogP contribution in [0, 0.1) is 15.5 Å². The van der Waals surface area contributed by atoms with Gasteiger partial charge < -0.3 is 11.1 Å². The molecule has 1 aliphatic carbocycles. The van der Waals surface area contributed by atoms with E-state index in [1.807, 2.05) is 0 Å². The van der Waals surface area contributed by atoms with Crippen molar-refractivity contribution in [3.8, 4) is 0 Å². The summed E-state index contributed by atoms with van der Waals surface area (Å²) in [5, 5.41) is 14.1. The highest BCUT2D eigenvalue weighted by Gasteiger charge is 2.35. The van der Waals surface area contributed by atoms with Gasteiger partial charge in [-0.15, -0.1) is 0 Å². The molecule has 1 aliphatic rings. The maximum Gasteiger partial charge on any atom is 0.311 e. The summed E-state index contributed by atoms with van der Waals surface area (Å²) < 4.78 is 0. The van der Waals surface area contributed by atoms with Crippen LogP contribution in [0.15, 0.2) is 12.1 Å². The molecule has 1 heterocycles. The van der Waals surface area contributed by atoms with Crippen LogP contribution in [0.25, 0.3) is 0 Å². The Morgan fingerprint density at radius 2 is 2.28 bits per heavy atom. The Bertz CT molecular complexity index is 473. The van der Waals surface area contributed by atoms with Crippen molar-refractivity contribution in [2.75, 3.05) is 11.1 Å². The number of anilines is 2. The molecule has 1 fully saturated rings. The average Bonchev–Trinajstić information content (AvgIpc) is 2.58. The predicted molar refractivity (Wildman–Crippen MR) is 70.3 cm³/mol. The van der Waals surface area contributed by atoms with Gasteiger partial charge in [0.2, 0.25) is 5.82 Å². The molecule has 0 radical (unpaired) electrons. The van der Waals surface area contributed by atoms with Crippen LogP contribution >= 0.6 is 0 Å². The van der Waals surface area contributed by atoms with E-state index in [9.17, 15) is 10.1 Å². The number of nitrogens with one attached hydrogen (secondary N) is 1. The van der Waals surface area contributed by atoms with Crippen molar-refractivity contribution in [2.45, 2.75) is 39.2 Å². The fourth-order valence-electron chi connectivity index (χ4n) is 2.48. The van der Waals surface area contributed by atoms with Gasteiger partial charge in [-0.05, 0) is 24.3 Å². The molecule has 1 aromatic rings. The lowest BCUT2D eigenvalue weighted by Crippen LogP contribution is -2.31. The first kappa shape index (κ1) is 12.6. The number of nitro groups is 1. The first-order valence-corrected chi connectivity index (χ1v) is 6.07. The molecule has 18 heavy (non-hydrogen) atoms. The number of hydrogen-bond donors (Lipinski definition) is 2. The van der Waals surface area contributed by atoms with Gasteiger partial charge in [-0.2, -0.15) is 0 Å². The summed E-state index contributed by atoms with van der Waals surface area (Å²) in [6, 6.07) is 3.04. The minimum atomic E-state index is -0.434. The van der Waals surface area contributed by atoms with Crippen LogP contribution in [-0.4, -0.2) is 15.9 Å². The van der Waals surface area contributed by atoms with Crippen LogP contribution in [0.1, 0.15) is 33.1 Å². The van der Waals surface area contributed by atoms with Crippen molar-refractivity contribution in [2.24, 2.45) is 5.41 Å². The van der Waals surface area contributed by atoms with Crippen molar-refractivity contribution < 1.29 is 4.92 Å². The lowest BCUT2D eigenvalue weighted by molar-refractivity contribution is -0.384. The van der Waals surface area contributed by atoms with Crippen molar-refractivity contribution >= 4 is 17.3 Å². The van der Waals surface area contributed by atoms with Crippen molar-refractivity contribution in [1.82, 2.24) is 4.98 Å². The number of nitrogens with zero attached hydrogens (tertiary/aromatic N) is 2. The summed E-state index contributed by atoms with van der Waals surface area (Å²) in [5.41, 5.74) is 5.70. The number of nitrogen functional groups attached to an aromatic ring is 1. The molecule has 1 unspecified atom stereocenters. The summed E-state index contributed by atoms with van der Waals surface area (Å²) in [5.74, 6) is 0.568. The Morgan fingerprint density at radius 3 is 2.83 bits per heavy atom. The van der Waals surface area contributed by atoms with E-state index in [4.69, 9.17) is 5.73 Å². The highest BCUT2D eigenvalue weighted by atomic mass is 16.6. The molecule has 0 aromatic carbocycles. The van der Waals surface area contributed by atoms with E-state index in [2.05, 4.69) is 24.1 Å². The van der Waals surface area contributed by atoms with E-state index in [-0.39, 0.29) is 23.0 Å². The molecule has 0 saturated heterocycles. The normalized spacial score (nSPS) is 21.8. The Hall–Kier alpha value is -1.85. The fraction of sp³-hybridized carbons (Fsp3) is 0.583. The molecule has 1 aromatic heterocycles. The molecule has 0 aliphatic heterocycles. The first-order valence-electron chi connectivity index (χ1n) is 6.07.